The molecule has 1 aromatic carbocycles. The summed E-state index contributed by atoms with van der Waals surface area (Å²) < 4.78 is 58.6. The minimum absolute atomic E-state index is 0.00630. The van der Waals surface area contributed by atoms with Crippen molar-refractivity contribution < 1.29 is 27.1 Å². The summed E-state index contributed by atoms with van der Waals surface area (Å²) in [5.74, 6) is -0.279. The number of nitrogens with zero attached hydrogens (tertiary/aromatic N) is 2. The van der Waals surface area contributed by atoms with Crippen LogP contribution in [0.4, 0.5) is 23.4 Å². The van der Waals surface area contributed by atoms with E-state index in [4.69, 9.17) is 4.74 Å². The maximum Gasteiger partial charge on any atom is 0.417 e. The van der Waals surface area contributed by atoms with E-state index in [0.29, 0.717) is 23.7 Å². The molecule has 1 unspecified atom stereocenters. The summed E-state index contributed by atoms with van der Waals surface area (Å²) in [6, 6.07) is 5.11. The molecule has 1 N–H and O–H groups in total. The van der Waals surface area contributed by atoms with Crippen LogP contribution in [0, 0.1) is 12.7 Å². The van der Waals surface area contributed by atoms with Gasteiger partial charge in [-0.15, -0.1) is 0 Å². The predicted octanol–water partition coefficient (Wildman–Crippen LogP) is 4.49. The number of aromatic nitrogens is 1. The molecule has 0 bridgehead atoms. The summed E-state index contributed by atoms with van der Waals surface area (Å²) in [7, 11) is 0. The maximum absolute atomic E-state index is 14.5. The van der Waals surface area contributed by atoms with Gasteiger partial charge >= 0.3 is 6.18 Å². The van der Waals surface area contributed by atoms with E-state index in [-0.39, 0.29) is 24.3 Å². The molecule has 0 spiro atoms. The number of anilines is 1. The molecule has 4 rings (SSSR count). The SMILES string of the molecule is Cc1cc(C(=O)NC2CC2)c(F)cc1OCC1CCCN1c1ccc(C(F)(F)F)cn1. The van der Waals surface area contributed by atoms with Crippen LogP contribution in [0.25, 0.3) is 0 Å². The van der Waals surface area contributed by atoms with Crippen molar-refractivity contribution in [2.24, 2.45) is 0 Å². The molecule has 1 atom stereocenters. The summed E-state index contributed by atoms with van der Waals surface area (Å²) in [4.78, 5) is 18.0. The van der Waals surface area contributed by atoms with Crippen LogP contribution in [-0.4, -0.2) is 36.1 Å². The summed E-state index contributed by atoms with van der Waals surface area (Å²) in [5.41, 5.74) is -0.159. The second kappa shape index (κ2) is 8.36. The normalized spacial score (nSPS) is 18.9. The fourth-order valence-corrected chi connectivity index (χ4v) is 3.70. The van der Waals surface area contributed by atoms with Gasteiger partial charge in [-0.05, 0) is 56.4 Å². The van der Waals surface area contributed by atoms with E-state index in [1.54, 1.807) is 6.92 Å². The lowest BCUT2D eigenvalue weighted by Crippen LogP contribution is -2.35. The summed E-state index contributed by atoms with van der Waals surface area (Å²) in [6.07, 6.45) is -0.131. The Kier molecular flexibility index (Phi) is 5.77. The first-order valence-corrected chi connectivity index (χ1v) is 10.3. The number of pyridine rings is 1. The van der Waals surface area contributed by atoms with Crippen LogP contribution in [0.15, 0.2) is 30.5 Å². The lowest BCUT2D eigenvalue weighted by molar-refractivity contribution is -0.137. The number of nitrogens with one attached hydrogen (secondary N) is 1. The highest BCUT2D eigenvalue weighted by Gasteiger charge is 2.32. The maximum atomic E-state index is 14.5. The third-order valence-corrected chi connectivity index (χ3v) is 5.60. The van der Waals surface area contributed by atoms with Crippen molar-refractivity contribution in [1.82, 2.24) is 10.3 Å². The third-order valence-electron chi connectivity index (χ3n) is 5.60. The minimum Gasteiger partial charge on any atom is -0.491 e. The molecule has 0 radical (unpaired) electrons. The molecular formula is C22H23F4N3O2. The zero-order chi connectivity index (χ0) is 22.2. The molecule has 1 aliphatic carbocycles. The van der Waals surface area contributed by atoms with Gasteiger partial charge < -0.3 is 15.0 Å². The second-order valence-corrected chi connectivity index (χ2v) is 8.05. The lowest BCUT2D eigenvalue weighted by Gasteiger charge is -2.26. The van der Waals surface area contributed by atoms with E-state index in [0.717, 1.165) is 37.9 Å². The summed E-state index contributed by atoms with van der Waals surface area (Å²) in [6.45, 7) is 2.63. The predicted molar refractivity (Wildman–Crippen MR) is 107 cm³/mol. The molecule has 1 aromatic heterocycles. The van der Waals surface area contributed by atoms with E-state index >= 15 is 0 Å². The van der Waals surface area contributed by atoms with Crippen molar-refractivity contribution in [2.45, 2.75) is 50.9 Å². The highest BCUT2D eigenvalue weighted by atomic mass is 19.4. The molecular weight excluding hydrogens is 414 g/mol. The smallest absolute Gasteiger partial charge is 0.417 e. The number of hydrogen-bond donors (Lipinski definition) is 1. The van der Waals surface area contributed by atoms with Crippen LogP contribution in [-0.2, 0) is 6.18 Å². The molecule has 2 fully saturated rings. The van der Waals surface area contributed by atoms with E-state index in [2.05, 4.69) is 10.3 Å². The molecule has 1 saturated heterocycles. The number of carbonyl (C=O) groups is 1. The first-order valence-electron chi connectivity index (χ1n) is 10.3. The number of rotatable bonds is 6. The monoisotopic (exact) mass is 437 g/mol. The molecule has 2 aliphatic rings. The highest BCUT2D eigenvalue weighted by Crippen LogP contribution is 2.31. The van der Waals surface area contributed by atoms with Gasteiger partial charge in [0.1, 0.15) is 24.0 Å². The number of halogens is 4. The first kappa shape index (κ1) is 21.4. The summed E-state index contributed by atoms with van der Waals surface area (Å²) >= 11 is 0. The molecule has 1 amide bonds. The van der Waals surface area contributed by atoms with Crippen LogP contribution in [0.1, 0.15) is 47.2 Å². The van der Waals surface area contributed by atoms with Crippen LogP contribution >= 0.6 is 0 Å². The molecule has 9 heteroatoms. The standard InChI is InChI=1S/C22H23F4N3O2/c1-13-9-17(21(30)28-15-5-6-15)18(23)10-19(13)31-12-16-3-2-8-29(16)20-7-4-14(11-27-20)22(24,25)26/h4,7,9-11,15-16H,2-3,5-6,8,12H2,1H3,(H,28,30). The number of alkyl halides is 3. The van der Waals surface area contributed by atoms with Gasteiger partial charge in [-0.1, -0.05) is 0 Å². The average molecular weight is 437 g/mol. The van der Waals surface area contributed by atoms with Crippen LogP contribution < -0.4 is 15.0 Å². The van der Waals surface area contributed by atoms with Gasteiger partial charge in [0.05, 0.1) is 17.2 Å². The Morgan fingerprint density at radius 3 is 2.68 bits per heavy atom. The van der Waals surface area contributed by atoms with Gasteiger partial charge in [0, 0.05) is 24.8 Å². The highest BCUT2D eigenvalue weighted by molar-refractivity contribution is 5.95. The fourth-order valence-electron chi connectivity index (χ4n) is 3.70. The van der Waals surface area contributed by atoms with Gasteiger partial charge in [-0.3, -0.25) is 4.79 Å². The van der Waals surface area contributed by atoms with Crippen molar-refractivity contribution in [3.8, 4) is 5.75 Å². The molecule has 1 saturated carbocycles. The average Bonchev–Trinajstić information content (AvgIpc) is 3.41. The Hall–Kier alpha value is -2.84. The van der Waals surface area contributed by atoms with Crippen molar-refractivity contribution >= 4 is 11.7 Å². The Morgan fingerprint density at radius 1 is 1.26 bits per heavy atom. The number of carbonyl (C=O) groups excluding carboxylic acids is 1. The number of aryl methyl sites for hydroxylation is 1. The van der Waals surface area contributed by atoms with Crippen molar-refractivity contribution in [3.05, 3.63) is 53.0 Å². The van der Waals surface area contributed by atoms with E-state index < -0.39 is 23.5 Å². The van der Waals surface area contributed by atoms with Crippen molar-refractivity contribution in [3.63, 3.8) is 0 Å². The van der Waals surface area contributed by atoms with E-state index in [1.165, 1.54) is 18.2 Å². The fraction of sp³-hybridized carbons (Fsp3) is 0.455. The van der Waals surface area contributed by atoms with Gasteiger partial charge in [0.15, 0.2) is 0 Å². The lowest BCUT2D eigenvalue weighted by atomic mass is 10.1. The molecule has 1 aliphatic heterocycles. The van der Waals surface area contributed by atoms with Gasteiger partial charge in [-0.2, -0.15) is 13.2 Å². The molecule has 5 nitrogen and oxygen atoms in total. The summed E-state index contributed by atoms with van der Waals surface area (Å²) in [5, 5.41) is 2.77. The van der Waals surface area contributed by atoms with Crippen molar-refractivity contribution in [2.75, 3.05) is 18.1 Å². The number of benzene rings is 1. The van der Waals surface area contributed by atoms with E-state index in [9.17, 15) is 22.4 Å². The zero-order valence-corrected chi connectivity index (χ0v) is 17.0. The minimum atomic E-state index is -4.43. The number of hydrogen-bond acceptors (Lipinski definition) is 4. The number of ether oxygens (including phenoxy) is 1. The van der Waals surface area contributed by atoms with Crippen LogP contribution in [0.2, 0.25) is 0 Å². The third kappa shape index (κ3) is 4.91. The molecule has 2 heterocycles. The second-order valence-electron chi connectivity index (χ2n) is 8.05. The van der Waals surface area contributed by atoms with E-state index in [1.807, 2.05) is 4.90 Å². The Morgan fingerprint density at radius 2 is 2.03 bits per heavy atom. The Bertz CT molecular complexity index is 958. The molecule has 166 valence electrons. The van der Waals surface area contributed by atoms with Gasteiger partial charge in [0.2, 0.25) is 0 Å². The number of amides is 1. The Balaban J connectivity index is 1.42. The first-order chi connectivity index (χ1) is 14.7. The van der Waals surface area contributed by atoms with Gasteiger partial charge in [-0.25, -0.2) is 9.37 Å². The zero-order valence-electron chi connectivity index (χ0n) is 17.0. The molecule has 31 heavy (non-hydrogen) atoms. The van der Waals surface area contributed by atoms with Crippen LogP contribution in [0.5, 0.6) is 5.75 Å². The largest absolute Gasteiger partial charge is 0.491 e. The molecule has 2 aromatic rings. The quantitative estimate of drug-likeness (QED) is 0.677. The van der Waals surface area contributed by atoms with Gasteiger partial charge in [0.25, 0.3) is 5.91 Å². The van der Waals surface area contributed by atoms with Crippen LogP contribution in [0.3, 0.4) is 0 Å². The van der Waals surface area contributed by atoms with Crippen molar-refractivity contribution in [1.29, 1.82) is 0 Å². The Labute approximate surface area is 177 Å². The topological polar surface area (TPSA) is 54.5 Å².